The van der Waals surface area contributed by atoms with Crippen molar-refractivity contribution in [1.82, 2.24) is 15.1 Å². The summed E-state index contributed by atoms with van der Waals surface area (Å²) in [6.45, 7) is 2.75. The minimum atomic E-state index is -0.402. The Hall–Kier alpha value is -3.35. The molecule has 0 spiro atoms. The highest BCUT2D eigenvalue weighted by Gasteiger charge is 2.34. The second kappa shape index (κ2) is 11.9. The van der Waals surface area contributed by atoms with E-state index in [-0.39, 0.29) is 23.7 Å². The van der Waals surface area contributed by atoms with Gasteiger partial charge in [0.15, 0.2) is 5.96 Å². The molecule has 7 heteroatoms. The second-order valence-electron chi connectivity index (χ2n) is 9.74. The summed E-state index contributed by atoms with van der Waals surface area (Å²) < 4.78 is 0. The monoisotopic (exact) mass is 475 g/mol. The Balaban J connectivity index is 1.39. The lowest BCUT2D eigenvalue weighted by Gasteiger charge is -2.36. The van der Waals surface area contributed by atoms with E-state index in [1.807, 2.05) is 46.2 Å². The van der Waals surface area contributed by atoms with Crippen LogP contribution >= 0.6 is 0 Å². The first-order valence-electron chi connectivity index (χ1n) is 12.8. The fourth-order valence-corrected chi connectivity index (χ4v) is 5.33. The number of piperidine rings is 2. The molecule has 1 unspecified atom stereocenters. The van der Waals surface area contributed by atoms with E-state index in [2.05, 4.69) is 29.6 Å². The summed E-state index contributed by atoms with van der Waals surface area (Å²) >= 11 is 0. The van der Waals surface area contributed by atoms with Gasteiger partial charge in [-0.15, -0.1) is 0 Å². The number of nitrogens with one attached hydrogen (secondary N) is 2. The maximum absolute atomic E-state index is 13.6. The standard InChI is InChI=1S/C28H37N5O2/c29-28(30)32-17-14-21(15-18-32)20-31-27(35)25-13-7-8-16-33(25)26(34)19-24(22-9-3-1-4-10-22)23-11-5-2-6-12-23/h1-6,9-12,21,24-25H,7-8,13-20H2,(H3,29,30)(H,31,35). The topological polar surface area (TPSA) is 103 Å². The van der Waals surface area contributed by atoms with Gasteiger partial charge in [-0.2, -0.15) is 0 Å². The molecule has 0 aromatic heterocycles. The Kier molecular flexibility index (Phi) is 8.40. The van der Waals surface area contributed by atoms with Crippen molar-refractivity contribution in [2.45, 2.75) is 50.5 Å². The number of rotatable bonds is 7. The number of hydrogen-bond donors (Lipinski definition) is 3. The molecular weight excluding hydrogens is 438 g/mol. The third kappa shape index (κ3) is 6.41. The van der Waals surface area contributed by atoms with Gasteiger partial charge in [0.2, 0.25) is 11.8 Å². The lowest BCUT2D eigenvalue weighted by molar-refractivity contribution is -0.142. The molecule has 2 aliphatic rings. The minimum absolute atomic E-state index is 0.0389. The van der Waals surface area contributed by atoms with Gasteiger partial charge in [0.05, 0.1) is 0 Å². The van der Waals surface area contributed by atoms with Crippen molar-refractivity contribution in [2.75, 3.05) is 26.2 Å². The van der Waals surface area contributed by atoms with Crippen LogP contribution in [-0.2, 0) is 9.59 Å². The Bertz CT molecular complexity index is 949. The molecule has 2 aliphatic heterocycles. The van der Waals surface area contributed by atoms with Crippen molar-refractivity contribution in [3.63, 3.8) is 0 Å². The van der Waals surface area contributed by atoms with Crippen LogP contribution in [-0.4, -0.2) is 59.8 Å². The average Bonchev–Trinajstić information content (AvgIpc) is 2.91. The van der Waals surface area contributed by atoms with Crippen molar-refractivity contribution in [3.05, 3.63) is 71.8 Å². The highest BCUT2D eigenvalue weighted by atomic mass is 16.2. The number of amides is 2. The predicted octanol–water partition coefficient (Wildman–Crippen LogP) is 3.31. The van der Waals surface area contributed by atoms with Gasteiger partial charge in [0, 0.05) is 38.5 Å². The quantitative estimate of drug-likeness (QED) is 0.422. The number of benzene rings is 2. The largest absolute Gasteiger partial charge is 0.370 e. The summed E-state index contributed by atoms with van der Waals surface area (Å²) in [7, 11) is 0. The third-order valence-corrected chi connectivity index (χ3v) is 7.43. The normalized spacial score (nSPS) is 18.9. The SMILES string of the molecule is N=C(N)N1CCC(CNC(=O)C2CCCCN2C(=O)CC(c2ccccc2)c2ccccc2)CC1. The van der Waals surface area contributed by atoms with Crippen molar-refractivity contribution >= 4 is 17.8 Å². The average molecular weight is 476 g/mol. The van der Waals surface area contributed by atoms with E-state index in [9.17, 15) is 9.59 Å². The van der Waals surface area contributed by atoms with E-state index in [0.29, 0.717) is 31.8 Å². The zero-order valence-corrected chi connectivity index (χ0v) is 20.4. The summed E-state index contributed by atoms with van der Waals surface area (Å²) in [5.41, 5.74) is 7.81. The number of guanidine groups is 1. The lowest BCUT2D eigenvalue weighted by atomic mass is 9.87. The number of nitrogens with zero attached hydrogens (tertiary/aromatic N) is 2. The molecule has 0 bridgehead atoms. The van der Waals surface area contributed by atoms with E-state index in [0.717, 1.165) is 49.9 Å². The van der Waals surface area contributed by atoms with E-state index >= 15 is 0 Å². The van der Waals surface area contributed by atoms with Gasteiger partial charge in [-0.05, 0) is 49.1 Å². The zero-order valence-electron chi connectivity index (χ0n) is 20.4. The van der Waals surface area contributed by atoms with Gasteiger partial charge in [0.1, 0.15) is 6.04 Å². The Morgan fingerprint density at radius 2 is 1.51 bits per heavy atom. The van der Waals surface area contributed by atoms with Gasteiger partial charge in [0.25, 0.3) is 0 Å². The molecule has 4 N–H and O–H groups in total. The molecule has 1 atom stereocenters. The molecule has 0 aliphatic carbocycles. The van der Waals surface area contributed by atoms with Crippen molar-refractivity contribution in [1.29, 1.82) is 5.41 Å². The first-order valence-corrected chi connectivity index (χ1v) is 12.8. The summed E-state index contributed by atoms with van der Waals surface area (Å²) in [5, 5.41) is 10.7. The van der Waals surface area contributed by atoms with E-state index < -0.39 is 6.04 Å². The minimum Gasteiger partial charge on any atom is -0.370 e. The highest BCUT2D eigenvalue weighted by Crippen LogP contribution is 2.30. The molecule has 2 fully saturated rings. The van der Waals surface area contributed by atoms with Crippen molar-refractivity contribution in [2.24, 2.45) is 11.7 Å². The number of nitrogens with two attached hydrogens (primary N) is 1. The van der Waals surface area contributed by atoms with Crippen LogP contribution in [0.4, 0.5) is 0 Å². The fraction of sp³-hybridized carbons (Fsp3) is 0.464. The van der Waals surface area contributed by atoms with Crippen LogP contribution in [0, 0.1) is 11.3 Å². The van der Waals surface area contributed by atoms with E-state index in [1.54, 1.807) is 0 Å². The Morgan fingerprint density at radius 3 is 2.09 bits per heavy atom. The van der Waals surface area contributed by atoms with Gasteiger partial charge in [-0.25, -0.2) is 0 Å². The van der Waals surface area contributed by atoms with Crippen LogP contribution in [0.1, 0.15) is 55.6 Å². The lowest BCUT2D eigenvalue weighted by Crippen LogP contribution is -2.53. The summed E-state index contributed by atoms with van der Waals surface area (Å²) in [4.78, 5) is 30.5. The molecule has 0 radical (unpaired) electrons. The van der Waals surface area contributed by atoms with Crippen LogP contribution < -0.4 is 11.1 Å². The number of carbonyl (C=O) groups excluding carboxylic acids is 2. The Morgan fingerprint density at radius 1 is 0.914 bits per heavy atom. The molecule has 2 saturated heterocycles. The molecule has 2 aromatic rings. The molecule has 2 amide bonds. The van der Waals surface area contributed by atoms with Crippen molar-refractivity contribution < 1.29 is 9.59 Å². The zero-order chi connectivity index (χ0) is 24.6. The van der Waals surface area contributed by atoms with Crippen molar-refractivity contribution in [3.8, 4) is 0 Å². The van der Waals surface area contributed by atoms with Gasteiger partial charge >= 0.3 is 0 Å². The fourth-order valence-electron chi connectivity index (χ4n) is 5.33. The number of likely N-dealkylation sites (tertiary alicyclic amines) is 2. The molecule has 4 rings (SSSR count). The molecule has 186 valence electrons. The molecule has 2 heterocycles. The predicted molar refractivity (Wildman–Crippen MR) is 138 cm³/mol. The van der Waals surface area contributed by atoms with Crippen LogP contribution in [0.2, 0.25) is 0 Å². The van der Waals surface area contributed by atoms with Crippen LogP contribution in [0.5, 0.6) is 0 Å². The van der Waals surface area contributed by atoms with Gasteiger partial charge in [-0.1, -0.05) is 60.7 Å². The van der Waals surface area contributed by atoms with Gasteiger partial charge in [-0.3, -0.25) is 15.0 Å². The smallest absolute Gasteiger partial charge is 0.242 e. The van der Waals surface area contributed by atoms with E-state index in [1.165, 1.54) is 0 Å². The highest BCUT2D eigenvalue weighted by molar-refractivity contribution is 5.88. The van der Waals surface area contributed by atoms with Gasteiger partial charge < -0.3 is 20.9 Å². The third-order valence-electron chi connectivity index (χ3n) is 7.43. The molecule has 2 aromatic carbocycles. The number of hydrogen-bond acceptors (Lipinski definition) is 3. The summed E-state index contributed by atoms with van der Waals surface area (Å²) in [6, 6.07) is 19.9. The first-order chi connectivity index (χ1) is 17.0. The van der Waals surface area contributed by atoms with Crippen LogP contribution in [0.3, 0.4) is 0 Å². The maximum atomic E-state index is 13.6. The molecule has 7 nitrogen and oxygen atoms in total. The molecule has 35 heavy (non-hydrogen) atoms. The molecular formula is C28H37N5O2. The summed E-state index contributed by atoms with van der Waals surface area (Å²) in [5.74, 6) is 0.457. The Labute approximate surface area is 208 Å². The van der Waals surface area contributed by atoms with Crippen LogP contribution in [0.15, 0.2) is 60.7 Å². The maximum Gasteiger partial charge on any atom is 0.242 e. The molecule has 0 saturated carbocycles. The second-order valence-corrected chi connectivity index (χ2v) is 9.74. The summed E-state index contributed by atoms with van der Waals surface area (Å²) in [6.07, 6.45) is 4.76. The number of carbonyl (C=O) groups is 2. The van der Waals surface area contributed by atoms with Crippen LogP contribution in [0.25, 0.3) is 0 Å². The van der Waals surface area contributed by atoms with E-state index in [4.69, 9.17) is 11.1 Å². The first kappa shape index (κ1) is 24.8.